The van der Waals surface area contributed by atoms with Crippen LogP contribution in [0.3, 0.4) is 0 Å². The van der Waals surface area contributed by atoms with Gasteiger partial charge in [-0.2, -0.15) is 0 Å². The number of ether oxygens (including phenoxy) is 1. The summed E-state index contributed by atoms with van der Waals surface area (Å²) in [5, 5.41) is 16.8. The number of rotatable bonds is 3. The standard InChI is InChI=1S/C6H10O5/c1-3(7)6(10)11-4(2)5(8)9/h3-4,7H,1-2H3,(H,8,9)/t3?,4-/m0/s1. The van der Waals surface area contributed by atoms with Gasteiger partial charge in [0.1, 0.15) is 6.10 Å². The van der Waals surface area contributed by atoms with Crippen LogP contribution in [0.25, 0.3) is 0 Å². The summed E-state index contributed by atoms with van der Waals surface area (Å²) in [4.78, 5) is 20.6. The molecule has 0 spiro atoms. The van der Waals surface area contributed by atoms with Crippen molar-refractivity contribution in [2.75, 3.05) is 0 Å². The summed E-state index contributed by atoms with van der Waals surface area (Å²) in [5.74, 6) is -2.17. The van der Waals surface area contributed by atoms with Crippen LogP contribution in [0, 0.1) is 0 Å². The monoisotopic (exact) mass is 162 g/mol. The lowest BCUT2D eigenvalue weighted by atomic mass is 10.4. The van der Waals surface area contributed by atoms with Crippen LogP contribution >= 0.6 is 0 Å². The maximum absolute atomic E-state index is 10.5. The maximum atomic E-state index is 10.5. The lowest BCUT2D eigenvalue weighted by molar-refractivity contribution is -0.168. The van der Waals surface area contributed by atoms with Crippen molar-refractivity contribution in [1.82, 2.24) is 0 Å². The average molecular weight is 162 g/mol. The highest BCUT2D eigenvalue weighted by molar-refractivity contribution is 5.79. The third-order valence-corrected chi connectivity index (χ3v) is 0.982. The van der Waals surface area contributed by atoms with Crippen molar-refractivity contribution in [3.63, 3.8) is 0 Å². The fraction of sp³-hybridized carbons (Fsp3) is 0.667. The molecule has 1 unspecified atom stereocenters. The van der Waals surface area contributed by atoms with Crippen molar-refractivity contribution in [2.45, 2.75) is 26.1 Å². The van der Waals surface area contributed by atoms with E-state index < -0.39 is 24.1 Å². The number of aliphatic carboxylic acids is 1. The first-order valence-electron chi connectivity index (χ1n) is 3.06. The molecule has 0 aromatic rings. The Labute approximate surface area is 63.6 Å². The van der Waals surface area contributed by atoms with E-state index in [1.165, 1.54) is 13.8 Å². The molecule has 0 aliphatic heterocycles. The van der Waals surface area contributed by atoms with Gasteiger partial charge in [-0.1, -0.05) is 0 Å². The van der Waals surface area contributed by atoms with Gasteiger partial charge in [0.05, 0.1) is 0 Å². The number of carboxylic acids is 1. The zero-order chi connectivity index (χ0) is 9.02. The number of esters is 1. The molecule has 0 aliphatic rings. The number of carboxylic acid groups (broad SMARTS) is 1. The van der Waals surface area contributed by atoms with Gasteiger partial charge in [-0.05, 0) is 13.8 Å². The van der Waals surface area contributed by atoms with Crippen LogP contribution in [0.5, 0.6) is 0 Å². The molecule has 5 heteroatoms. The molecular formula is C6H10O5. The van der Waals surface area contributed by atoms with E-state index in [-0.39, 0.29) is 0 Å². The van der Waals surface area contributed by atoms with Crippen LogP contribution in [0.15, 0.2) is 0 Å². The highest BCUT2D eigenvalue weighted by Crippen LogP contribution is 1.94. The van der Waals surface area contributed by atoms with Gasteiger partial charge in [0.25, 0.3) is 0 Å². The fourth-order valence-corrected chi connectivity index (χ4v) is 0.323. The second-order valence-electron chi connectivity index (χ2n) is 2.09. The third-order valence-electron chi connectivity index (χ3n) is 0.982. The Morgan fingerprint density at radius 1 is 1.36 bits per heavy atom. The lowest BCUT2D eigenvalue weighted by Crippen LogP contribution is -2.29. The molecule has 0 saturated heterocycles. The van der Waals surface area contributed by atoms with Crippen molar-refractivity contribution >= 4 is 11.9 Å². The van der Waals surface area contributed by atoms with Gasteiger partial charge in [-0.25, -0.2) is 9.59 Å². The third kappa shape index (κ3) is 3.57. The fourth-order valence-electron chi connectivity index (χ4n) is 0.323. The summed E-state index contributed by atoms with van der Waals surface area (Å²) >= 11 is 0. The van der Waals surface area contributed by atoms with Crippen molar-refractivity contribution in [1.29, 1.82) is 0 Å². The molecular weight excluding hydrogens is 152 g/mol. The number of aliphatic hydroxyl groups is 1. The summed E-state index contributed by atoms with van der Waals surface area (Å²) in [6, 6.07) is 0. The highest BCUT2D eigenvalue weighted by Gasteiger charge is 2.18. The summed E-state index contributed by atoms with van der Waals surface area (Å²) in [5.41, 5.74) is 0. The zero-order valence-corrected chi connectivity index (χ0v) is 6.27. The van der Waals surface area contributed by atoms with Crippen LogP contribution in [-0.4, -0.2) is 34.4 Å². The molecule has 0 radical (unpaired) electrons. The molecule has 0 heterocycles. The molecule has 0 saturated carbocycles. The molecule has 0 bridgehead atoms. The molecule has 0 amide bonds. The van der Waals surface area contributed by atoms with Crippen molar-refractivity contribution in [3.8, 4) is 0 Å². The molecule has 0 fully saturated rings. The van der Waals surface area contributed by atoms with Crippen molar-refractivity contribution in [3.05, 3.63) is 0 Å². The van der Waals surface area contributed by atoms with Gasteiger partial charge in [-0.3, -0.25) is 0 Å². The van der Waals surface area contributed by atoms with Crippen LogP contribution < -0.4 is 0 Å². The molecule has 0 aromatic carbocycles. The SMILES string of the molecule is CC(O)C(=O)O[C@@H](C)C(=O)O. The largest absolute Gasteiger partial charge is 0.479 e. The van der Waals surface area contributed by atoms with Crippen LogP contribution in [-0.2, 0) is 14.3 Å². The molecule has 0 aliphatic carbocycles. The lowest BCUT2D eigenvalue weighted by Gasteiger charge is -2.09. The molecule has 0 aromatic heterocycles. The minimum absolute atomic E-state index is 0.931. The van der Waals surface area contributed by atoms with E-state index in [2.05, 4.69) is 4.74 Å². The number of carbonyl (C=O) groups excluding carboxylic acids is 1. The predicted octanol–water partition coefficient (Wildman–Crippen LogP) is -0.617. The van der Waals surface area contributed by atoms with Gasteiger partial charge in [-0.15, -0.1) is 0 Å². The Hall–Kier alpha value is -1.10. The Morgan fingerprint density at radius 2 is 1.82 bits per heavy atom. The minimum Gasteiger partial charge on any atom is -0.479 e. The van der Waals surface area contributed by atoms with E-state index in [1.807, 2.05) is 0 Å². The van der Waals surface area contributed by atoms with Crippen molar-refractivity contribution in [2.24, 2.45) is 0 Å². The first-order valence-corrected chi connectivity index (χ1v) is 3.06. The van der Waals surface area contributed by atoms with Crippen LogP contribution in [0.4, 0.5) is 0 Å². The Kier molecular flexibility index (Phi) is 3.53. The second-order valence-corrected chi connectivity index (χ2v) is 2.09. The van der Waals surface area contributed by atoms with Crippen molar-refractivity contribution < 1.29 is 24.5 Å². The Balaban J connectivity index is 3.85. The van der Waals surface area contributed by atoms with Gasteiger partial charge in [0.2, 0.25) is 0 Å². The number of aliphatic hydroxyl groups excluding tert-OH is 1. The summed E-state index contributed by atoms with van der Waals surface area (Å²) < 4.78 is 4.28. The average Bonchev–Trinajstić information content (AvgIpc) is 1.87. The Bertz CT molecular complexity index is 162. The van der Waals surface area contributed by atoms with E-state index in [0.717, 1.165) is 0 Å². The molecule has 64 valence electrons. The van der Waals surface area contributed by atoms with Crippen LogP contribution in [0.2, 0.25) is 0 Å². The quantitative estimate of drug-likeness (QED) is 0.540. The van der Waals surface area contributed by atoms with Gasteiger partial charge in [0, 0.05) is 0 Å². The predicted molar refractivity (Wildman–Crippen MR) is 34.9 cm³/mol. The Morgan fingerprint density at radius 3 is 2.09 bits per heavy atom. The molecule has 11 heavy (non-hydrogen) atoms. The van der Waals surface area contributed by atoms with Crippen LogP contribution in [0.1, 0.15) is 13.8 Å². The summed E-state index contributed by atoms with van der Waals surface area (Å²) in [7, 11) is 0. The molecule has 5 nitrogen and oxygen atoms in total. The topological polar surface area (TPSA) is 83.8 Å². The number of hydrogen-bond donors (Lipinski definition) is 2. The first-order chi connectivity index (χ1) is 4.95. The smallest absolute Gasteiger partial charge is 0.344 e. The summed E-state index contributed by atoms with van der Waals surface area (Å²) in [6.45, 7) is 2.42. The highest BCUT2D eigenvalue weighted by atomic mass is 16.6. The van der Waals surface area contributed by atoms with E-state index in [1.54, 1.807) is 0 Å². The van der Waals surface area contributed by atoms with E-state index >= 15 is 0 Å². The second kappa shape index (κ2) is 3.92. The van der Waals surface area contributed by atoms with E-state index in [4.69, 9.17) is 10.2 Å². The van der Waals surface area contributed by atoms with Gasteiger partial charge in [0.15, 0.2) is 6.10 Å². The van der Waals surface area contributed by atoms with E-state index in [9.17, 15) is 9.59 Å². The molecule has 2 N–H and O–H groups in total. The van der Waals surface area contributed by atoms with Gasteiger partial charge >= 0.3 is 11.9 Å². The normalized spacial score (nSPS) is 15.2. The number of hydrogen-bond acceptors (Lipinski definition) is 4. The zero-order valence-electron chi connectivity index (χ0n) is 6.27. The minimum atomic E-state index is -1.28. The first kappa shape index (κ1) is 9.90. The van der Waals surface area contributed by atoms with Gasteiger partial charge < -0.3 is 14.9 Å². The molecule has 2 atom stereocenters. The molecule has 0 rings (SSSR count). The number of carbonyl (C=O) groups is 2. The van der Waals surface area contributed by atoms with E-state index in [0.29, 0.717) is 0 Å². The maximum Gasteiger partial charge on any atom is 0.344 e. The summed E-state index contributed by atoms with van der Waals surface area (Å²) in [6.07, 6.45) is -2.49.